The van der Waals surface area contributed by atoms with Gasteiger partial charge in [0, 0.05) is 17.8 Å². The van der Waals surface area contributed by atoms with E-state index in [1.54, 1.807) is 24.5 Å². The van der Waals surface area contributed by atoms with Crippen LogP contribution in [0.4, 0.5) is 4.39 Å². The molecule has 0 radical (unpaired) electrons. The second-order valence-electron chi connectivity index (χ2n) is 4.83. The molecule has 3 aromatic rings. The van der Waals surface area contributed by atoms with Crippen molar-refractivity contribution in [1.29, 1.82) is 0 Å². The molecule has 3 heterocycles. The van der Waals surface area contributed by atoms with E-state index in [0.29, 0.717) is 17.6 Å². The van der Waals surface area contributed by atoms with Crippen LogP contribution >= 0.6 is 0 Å². The van der Waals surface area contributed by atoms with Crippen molar-refractivity contribution in [2.45, 2.75) is 26.3 Å². The maximum Gasteiger partial charge on any atom is 0.214 e. The number of hydrogen-bond acceptors (Lipinski definition) is 4. The molecule has 3 rings (SSSR count). The summed E-state index contributed by atoms with van der Waals surface area (Å²) in [4.78, 5) is 3.77. The Balaban J connectivity index is 1.90. The summed E-state index contributed by atoms with van der Waals surface area (Å²) >= 11 is 0. The topological polar surface area (TPSA) is 61.4 Å². The van der Waals surface area contributed by atoms with Crippen LogP contribution in [0.5, 0.6) is 0 Å². The van der Waals surface area contributed by atoms with Gasteiger partial charge in [-0.15, -0.1) is 5.10 Å². The maximum absolute atomic E-state index is 13.1. The summed E-state index contributed by atoms with van der Waals surface area (Å²) in [5, 5.41) is 12.4. The quantitative estimate of drug-likeness (QED) is 0.692. The molecule has 0 aromatic carbocycles. The lowest BCUT2D eigenvalue weighted by Gasteiger charge is -2.07. The minimum absolute atomic E-state index is 0.332. The molecule has 108 valence electrons. The first kappa shape index (κ1) is 13.4. The van der Waals surface area contributed by atoms with Gasteiger partial charge in [0.05, 0.1) is 12.4 Å². The number of pyridine rings is 1. The van der Waals surface area contributed by atoms with Crippen molar-refractivity contribution < 1.29 is 4.39 Å². The van der Waals surface area contributed by atoms with Gasteiger partial charge in [0.1, 0.15) is 5.69 Å². The van der Waals surface area contributed by atoms with Crippen LogP contribution in [0.15, 0.2) is 36.8 Å². The molecule has 0 amide bonds. The largest absolute Gasteiger partial charge is 0.269 e. The van der Waals surface area contributed by atoms with E-state index < -0.39 is 5.95 Å². The first-order chi connectivity index (χ1) is 10.2. The zero-order valence-electron chi connectivity index (χ0n) is 11.8. The zero-order valence-corrected chi connectivity index (χ0v) is 11.8. The number of rotatable bonds is 4. The van der Waals surface area contributed by atoms with Crippen molar-refractivity contribution in [3.8, 4) is 17.1 Å². The number of hydrogen-bond donors (Lipinski definition) is 0. The molecular formula is C14H15FN6. The first-order valence-corrected chi connectivity index (χ1v) is 6.77. The summed E-state index contributed by atoms with van der Waals surface area (Å²) in [5.41, 5.74) is 1.55. The van der Waals surface area contributed by atoms with Crippen LogP contribution in [0.2, 0.25) is 0 Å². The van der Waals surface area contributed by atoms with Crippen molar-refractivity contribution in [1.82, 2.24) is 29.8 Å². The van der Waals surface area contributed by atoms with Crippen molar-refractivity contribution >= 4 is 0 Å². The molecule has 6 nitrogen and oxygen atoms in total. The van der Waals surface area contributed by atoms with Gasteiger partial charge in [0.25, 0.3) is 0 Å². The van der Waals surface area contributed by atoms with E-state index in [2.05, 4.69) is 34.2 Å². The Hall–Kier alpha value is -2.57. The van der Waals surface area contributed by atoms with Crippen LogP contribution in [-0.4, -0.2) is 29.8 Å². The molecule has 0 aliphatic carbocycles. The minimum atomic E-state index is -0.547. The molecule has 1 unspecified atom stereocenters. The van der Waals surface area contributed by atoms with Gasteiger partial charge >= 0.3 is 0 Å². The Morgan fingerprint density at radius 2 is 2.14 bits per heavy atom. The number of aromatic nitrogens is 6. The second kappa shape index (κ2) is 5.43. The Morgan fingerprint density at radius 3 is 2.90 bits per heavy atom. The molecular weight excluding hydrogens is 271 g/mol. The van der Waals surface area contributed by atoms with E-state index in [9.17, 15) is 4.39 Å². The summed E-state index contributed by atoms with van der Waals surface area (Å²) in [5.74, 6) is -0.155. The highest BCUT2D eigenvalue weighted by Crippen LogP contribution is 2.19. The van der Waals surface area contributed by atoms with Crippen molar-refractivity contribution in [2.24, 2.45) is 0 Å². The number of nitrogens with zero attached hydrogens (tertiary/aromatic N) is 6. The van der Waals surface area contributed by atoms with Gasteiger partial charge in [-0.25, -0.2) is 9.67 Å². The van der Waals surface area contributed by atoms with Gasteiger partial charge in [0.15, 0.2) is 5.82 Å². The highest BCUT2D eigenvalue weighted by Gasteiger charge is 2.10. The molecule has 3 aromatic heterocycles. The normalized spacial score (nSPS) is 12.5. The third kappa shape index (κ3) is 2.67. The minimum Gasteiger partial charge on any atom is -0.269 e. The lowest BCUT2D eigenvalue weighted by molar-refractivity contribution is 0.478. The number of halogens is 1. The Bertz CT molecular complexity index is 747. The van der Waals surface area contributed by atoms with E-state index in [0.717, 1.165) is 12.0 Å². The zero-order chi connectivity index (χ0) is 14.8. The van der Waals surface area contributed by atoms with E-state index in [4.69, 9.17) is 0 Å². The summed E-state index contributed by atoms with van der Waals surface area (Å²) < 4.78 is 16.5. The van der Waals surface area contributed by atoms with Crippen molar-refractivity contribution in [3.05, 3.63) is 42.7 Å². The van der Waals surface area contributed by atoms with Crippen LogP contribution in [-0.2, 0) is 0 Å². The van der Waals surface area contributed by atoms with Crippen molar-refractivity contribution in [2.75, 3.05) is 0 Å². The first-order valence-electron chi connectivity index (χ1n) is 6.77. The van der Waals surface area contributed by atoms with Gasteiger partial charge in [-0.2, -0.15) is 9.49 Å². The third-order valence-corrected chi connectivity index (χ3v) is 3.37. The van der Waals surface area contributed by atoms with Gasteiger partial charge < -0.3 is 0 Å². The predicted octanol–water partition coefficient (Wildman–Crippen LogP) is 2.64. The molecule has 21 heavy (non-hydrogen) atoms. The van der Waals surface area contributed by atoms with Crippen LogP contribution in [0.1, 0.15) is 26.3 Å². The van der Waals surface area contributed by atoms with Crippen LogP contribution < -0.4 is 0 Å². The average Bonchev–Trinajstić information content (AvgIpc) is 3.15. The smallest absolute Gasteiger partial charge is 0.214 e. The fraction of sp³-hybridized carbons (Fsp3) is 0.286. The monoisotopic (exact) mass is 286 g/mol. The molecule has 0 fully saturated rings. The van der Waals surface area contributed by atoms with Crippen molar-refractivity contribution in [3.63, 3.8) is 0 Å². The van der Waals surface area contributed by atoms with E-state index in [1.807, 2.05) is 10.9 Å². The molecule has 7 heteroatoms. The summed E-state index contributed by atoms with van der Waals surface area (Å²) in [6.07, 6.45) is 6.39. The molecule has 0 aliphatic rings. The summed E-state index contributed by atoms with van der Waals surface area (Å²) in [7, 11) is 0. The average molecular weight is 286 g/mol. The Kier molecular flexibility index (Phi) is 3.47. The molecule has 1 atom stereocenters. The van der Waals surface area contributed by atoms with Crippen LogP contribution in [0.25, 0.3) is 17.1 Å². The van der Waals surface area contributed by atoms with E-state index >= 15 is 0 Å². The third-order valence-electron chi connectivity index (χ3n) is 3.37. The van der Waals surface area contributed by atoms with Gasteiger partial charge in [-0.05, 0) is 25.5 Å². The van der Waals surface area contributed by atoms with E-state index in [1.165, 1.54) is 10.7 Å². The molecule has 0 N–H and O–H groups in total. The molecule has 0 saturated heterocycles. The van der Waals surface area contributed by atoms with Crippen LogP contribution in [0, 0.1) is 5.95 Å². The van der Waals surface area contributed by atoms with E-state index in [-0.39, 0.29) is 0 Å². The van der Waals surface area contributed by atoms with Gasteiger partial charge in [0.2, 0.25) is 5.95 Å². The standard InChI is InChI=1S/C14H15FN6/c1-3-10(2)20-8-11(7-16-20)12-9-21(19-18-12)14-6-4-5-13(15)17-14/h4-10H,3H2,1-2H3. The lowest BCUT2D eigenvalue weighted by atomic mass is 10.2. The summed E-state index contributed by atoms with van der Waals surface area (Å²) in [6.45, 7) is 4.21. The summed E-state index contributed by atoms with van der Waals surface area (Å²) in [6, 6.07) is 4.88. The maximum atomic E-state index is 13.1. The highest BCUT2D eigenvalue weighted by atomic mass is 19.1. The molecule has 0 saturated carbocycles. The SMILES string of the molecule is CCC(C)n1cc(-c2cn(-c3cccc(F)n3)nn2)cn1. The second-order valence-corrected chi connectivity index (χ2v) is 4.83. The fourth-order valence-corrected chi connectivity index (χ4v) is 1.93. The van der Waals surface area contributed by atoms with Crippen LogP contribution in [0.3, 0.4) is 0 Å². The highest BCUT2D eigenvalue weighted by molar-refractivity contribution is 5.55. The molecule has 0 bridgehead atoms. The molecule has 0 aliphatic heterocycles. The fourth-order valence-electron chi connectivity index (χ4n) is 1.93. The Labute approximate surface area is 121 Å². The predicted molar refractivity (Wildman–Crippen MR) is 75.3 cm³/mol. The van der Waals surface area contributed by atoms with Gasteiger partial charge in [-0.3, -0.25) is 4.68 Å². The Morgan fingerprint density at radius 1 is 1.29 bits per heavy atom. The lowest BCUT2D eigenvalue weighted by Crippen LogP contribution is -2.03. The molecule has 0 spiro atoms. The van der Waals surface area contributed by atoms with Gasteiger partial charge in [-0.1, -0.05) is 18.2 Å².